The Kier molecular flexibility index (Phi) is 7.17. The Morgan fingerprint density at radius 1 is 1.43 bits per heavy atom. The molecule has 0 spiro atoms. The van der Waals surface area contributed by atoms with E-state index in [1.165, 1.54) is 0 Å². The van der Waals surface area contributed by atoms with Gasteiger partial charge in [-0.2, -0.15) is 0 Å². The van der Waals surface area contributed by atoms with E-state index in [1.54, 1.807) is 0 Å². The maximum atomic E-state index is 11.4. The summed E-state index contributed by atoms with van der Waals surface area (Å²) in [6, 6.07) is 0. The number of hydrogen-bond donors (Lipinski definition) is 0. The van der Waals surface area contributed by atoms with Crippen LogP contribution in [-0.4, -0.2) is 12.6 Å². The maximum Gasteiger partial charge on any atom is 0.308 e. The lowest BCUT2D eigenvalue weighted by Crippen LogP contribution is -2.17. The van der Waals surface area contributed by atoms with Crippen LogP contribution in [-0.2, 0) is 9.53 Å². The minimum atomic E-state index is -0.0669. The third-order valence-electron chi connectivity index (χ3n) is 2.01. The van der Waals surface area contributed by atoms with E-state index in [0.29, 0.717) is 12.5 Å². The number of hydrogen-bond acceptors (Lipinski definition) is 2. The molecule has 82 valence electrons. The lowest BCUT2D eigenvalue weighted by Gasteiger charge is -2.12. The van der Waals surface area contributed by atoms with Gasteiger partial charge in [-0.15, -0.1) is 6.58 Å². The predicted molar refractivity (Wildman–Crippen MR) is 59.0 cm³/mol. The van der Waals surface area contributed by atoms with E-state index >= 15 is 0 Å². The van der Waals surface area contributed by atoms with Gasteiger partial charge >= 0.3 is 5.97 Å². The summed E-state index contributed by atoms with van der Waals surface area (Å²) in [4.78, 5) is 11.4. The van der Waals surface area contributed by atoms with E-state index in [2.05, 4.69) is 6.58 Å². The van der Waals surface area contributed by atoms with Crippen LogP contribution in [0.4, 0.5) is 0 Å². The molecule has 1 unspecified atom stereocenters. The molecule has 0 aromatic rings. The molecule has 0 aliphatic heterocycles. The van der Waals surface area contributed by atoms with Gasteiger partial charge in [0.05, 0.1) is 12.5 Å². The van der Waals surface area contributed by atoms with Crippen molar-refractivity contribution in [2.75, 3.05) is 6.61 Å². The minimum absolute atomic E-state index is 0.0219. The third-order valence-corrected chi connectivity index (χ3v) is 2.01. The van der Waals surface area contributed by atoms with Gasteiger partial charge in [-0.25, -0.2) is 0 Å². The number of rotatable bonds is 7. The molecule has 0 heterocycles. The fourth-order valence-corrected chi connectivity index (χ4v) is 1.08. The van der Waals surface area contributed by atoms with Crippen LogP contribution in [0.5, 0.6) is 0 Å². The molecule has 0 aliphatic carbocycles. The van der Waals surface area contributed by atoms with Gasteiger partial charge in [0.1, 0.15) is 0 Å². The highest BCUT2D eigenvalue weighted by atomic mass is 16.5. The highest BCUT2D eigenvalue weighted by Gasteiger charge is 2.13. The van der Waals surface area contributed by atoms with Gasteiger partial charge in [-0.05, 0) is 25.2 Å². The van der Waals surface area contributed by atoms with Crippen molar-refractivity contribution in [3.63, 3.8) is 0 Å². The van der Waals surface area contributed by atoms with Gasteiger partial charge in [0.2, 0.25) is 0 Å². The minimum Gasteiger partial charge on any atom is -0.465 e. The predicted octanol–water partition coefficient (Wildman–Crippen LogP) is 3.18. The molecule has 0 rings (SSSR count). The van der Waals surface area contributed by atoms with Gasteiger partial charge in [0, 0.05) is 0 Å². The highest BCUT2D eigenvalue weighted by Crippen LogP contribution is 2.10. The van der Waals surface area contributed by atoms with Gasteiger partial charge in [-0.3, -0.25) is 4.79 Å². The molecule has 0 saturated heterocycles. The molecule has 0 radical (unpaired) electrons. The standard InChI is InChI=1S/C12H22O2/c1-5-6-7-8-11(4)12(13)14-9-10(2)3/h5,10-11H,1,6-9H2,2-4H3. The Balaban J connectivity index is 3.59. The van der Waals surface area contributed by atoms with E-state index in [4.69, 9.17) is 4.74 Å². The van der Waals surface area contributed by atoms with Crippen LogP contribution >= 0.6 is 0 Å². The molecule has 2 heteroatoms. The van der Waals surface area contributed by atoms with E-state index in [0.717, 1.165) is 19.3 Å². The van der Waals surface area contributed by atoms with Crippen LogP contribution in [0.15, 0.2) is 12.7 Å². The molecule has 0 fully saturated rings. The van der Waals surface area contributed by atoms with Crippen LogP contribution < -0.4 is 0 Å². The third kappa shape index (κ3) is 6.70. The monoisotopic (exact) mass is 198 g/mol. The summed E-state index contributed by atoms with van der Waals surface area (Å²) >= 11 is 0. The molecule has 0 aliphatic rings. The van der Waals surface area contributed by atoms with Crippen LogP contribution in [0.25, 0.3) is 0 Å². The van der Waals surface area contributed by atoms with Crippen molar-refractivity contribution in [3.05, 3.63) is 12.7 Å². The molecule has 0 bridgehead atoms. The van der Waals surface area contributed by atoms with Crippen LogP contribution in [0.1, 0.15) is 40.0 Å². The molecule has 0 aromatic heterocycles. The number of carbonyl (C=O) groups is 1. The van der Waals surface area contributed by atoms with E-state index < -0.39 is 0 Å². The Labute approximate surface area is 87.3 Å². The second kappa shape index (κ2) is 7.60. The topological polar surface area (TPSA) is 26.3 Å². The molecule has 0 saturated carbocycles. The van der Waals surface area contributed by atoms with Gasteiger partial charge < -0.3 is 4.74 Å². The van der Waals surface area contributed by atoms with Crippen LogP contribution in [0.2, 0.25) is 0 Å². The first-order chi connectivity index (χ1) is 6.57. The first-order valence-corrected chi connectivity index (χ1v) is 5.35. The van der Waals surface area contributed by atoms with Crippen molar-refractivity contribution in [2.45, 2.75) is 40.0 Å². The van der Waals surface area contributed by atoms with Crippen molar-refractivity contribution in [3.8, 4) is 0 Å². The summed E-state index contributed by atoms with van der Waals surface area (Å²) in [5.41, 5.74) is 0. The zero-order valence-electron chi connectivity index (χ0n) is 9.58. The quantitative estimate of drug-likeness (QED) is 0.357. The molecule has 14 heavy (non-hydrogen) atoms. The zero-order valence-corrected chi connectivity index (χ0v) is 9.58. The summed E-state index contributed by atoms with van der Waals surface area (Å²) in [5, 5.41) is 0. The molecule has 1 atom stereocenters. The molecular formula is C12H22O2. The molecule has 2 nitrogen and oxygen atoms in total. The second-order valence-corrected chi connectivity index (χ2v) is 4.14. The summed E-state index contributed by atoms with van der Waals surface area (Å²) in [5.74, 6) is 0.371. The van der Waals surface area contributed by atoms with Crippen molar-refractivity contribution >= 4 is 5.97 Å². The Bertz CT molecular complexity index is 173. The largest absolute Gasteiger partial charge is 0.465 e. The summed E-state index contributed by atoms with van der Waals surface area (Å²) in [6.45, 7) is 10.2. The van der Waals surface area contributed by atoms with Crippen LogP contribution in [0, 0.1) is 11.8 Å². The van der Waals surface area contributed by atoms with Crippen molar-refractivity contribution < 1.29 is 9.53 Å². The second-order valence-electron chi connectivity index (χ2n) is 4.14. The number of unbranched alkanes of at least 4 members (excludes halogenated alkanes) is 1. The highest BCUT2D eigenvalue weighted by molar-refractivity contribution is 5.71. The summed E-state index contributed by atoms with van der Waals surface area (Å²) in [7, 11) is 0. The fraction of sp³-hybridized carbons (Fsp3) is 0.750. The molecule has 0 N–H and O–H groups in total. The normalized spacial score (nSPS) is 12.6. The molecular weight excluding hydrogens is 176 g/mol. The van der Waals surface area contributed by atoms with Crippen molar-refractivity contribution in [2.24, 2.45) is 11.8 Å². The Morgan fingerprint density at radius 2 is 2.07 bits per heavy atom. The maximum absolute atomic E-state index is 11.4. The first kappa shape index (κ1) is 13.2. The van der Waals surface area contributed by atoms with E-state index in [-0.39, 0.29) is 11.9 Å². The van der Waals surface area contributed by atoms with Gasteiger partial charge in [-0.1, -0.05) is 26.8 Å². The molecule has 0 aromatic carbocycles. The average Bonchev–Trinajstić information content (AvgIpc) is 2.14. The van der Waals surface area contributed by atoms with Gasteiger partial charge in [0.25, 0.3) is 0 Å². The number of ether oxygens (including phenoxy) is 1. The van der Waals surface area contributed by atoms with Crippen LogP contribution in [0.3, 0.4) is 0 Å². The summed E-state index contributed by atoms with van der Waals surface area (Å²) < 4.78 is 5.13. The SMILES string of the molecule is C=CCCCC(C)C(=O)OCC(C)C. The van der Waals surface area contributed by atoms with Crippen molar-refractivity contribution in [1.29, 1.82) is 0 Å². The lowest BCUT2D eigenvalue weighted by atomic mass is 10.0. The smallest absolute Gasteiger partial charge is 0.308 e. The Hall–Kier alpha value is -0.790. The number of esters is 1. The average molecular weight is 198 g/mol. The summed E-state index contributed by atoms with van der Waals surface area (Å²) in [6.07, 6.45) is 4.76. The number of allylic oxidation sites excluding steroid dienone is 1. The van der Waals surface area contributed by atoms with E-state index in [9.17, 15) is 4.79 Å². The molecule has 0 amide bonds. The van der Waals surface area contributed by atoms with E-state index in [1.807, 2.05) is 26.8 Å². The Morgan fingerprint density at radius 3 is 2.57 bits per heavy atom. The zero-order chi connectivity index (χ0) is 11.0. The van der Waals surface area contributed by atoms with Crippen molar-refractivity contribution in [1.82, 2.24) is 0 Å². The number of carbonyl (C=O) groups excluding carboxylic acids is 1. The van der Waals surface area contributed by atoms with Gasteiger partial charge in [0.15, 0.2) is 0 Å². The lowest BCUT2D eigenvalue weighted by molar-refractivity contribution is -0.149. The fourth-order valence-electron chi connectivity index (χ4n) is 1.08. The first-order valence-electron chi connectivity index (χ1n) is 5.35.